The average Bonchev–Trinajstić information content (AvgIpc) is 3.46. The summed E-state index contributed by atoms with van der Waals surface area (Å²) >= 11 is 0. The van der Waals surface area contributed by atoms with Gasteiger partial charge >= 0.3 is 7.12 Å². The lowest BCUT2D eigenvalue weighted by atomic mass is 9.80. The zero-order chi connectivity index (χ0) is 23.8. The number of nitrogens with two attached hydrogens (primary N) is 2. The lowest BCUT2D eigenvalue weighted by Crippen LogP contribution is -2.30. The summed E-state index contributed by atoms with van der Waals surface area (Å²) in [6, 6.07) is 14.1. The van der Waals surface area contributed by atoms with E-state index < -0.39 is 13.0 Å². The highest BCUT2D eigenvalue weighted by molar-refractivity contribution is 6.58. The lowest BCUT2D eigenvalue weighted by molar-refractivity contribution is 0.100. The number of nitrogens with one attached hydrogen (secondary N) is 1. The van der Waals surface area contributed by atoms with Gasteiger partial charge in [-0.05, 0) is 29.2 Å². The first-order valence-electron chi connectivity index (χ1n) is 10.8. The first-order valence-corrected chi connectivity index (χ1v) is 10.8. The molecular weight excluding hydrogens is 435 g/mol. The number of carbonyl (C=O) groups is 1. The minimum atomic E-state index is -1.54. The van der Waals surface area contributed by atoms with Crippen LogP contribution in [0.1, 0.15) is 27.3 Å². The number of carbonyl (C=O) groups excluding carboxylic acids is 1. The van der Waals surface area contributed by atoms with Gasteiger partial charge in [0.2, 0.25) is 11.9 Å². The molecule has 5 rings (SSSR count). The number of ether oxygens (including phenoxy) is 1. The van der Waals surface area contributed by atoms with Crippen LogP contribution >= 0.6 is 0 Å². The molecule has 0 aliphatic carbocycles. The Morgan fingerprint density at radius 2 is 2.00 bits per heavy atom. The fraction of sp³-hybridized carbons (Fsp3) is 0.174. The minimum absolute atomic E-state index is 0.211. The van der Waals surface area contributed by atoms with Gasteiger partial charge in [-0.3, -0.25) is 9.36 Å². The highest BCUT2D eigenvalue weighted by atomic mass is 16.5. The first kappa shape index (κ1) is 21.9. The van der Waals surface area contributed by atoms with Gasteiger partial charge in [-0.15, -0.1) is 0 Å². The van der Waals surface area contributed by atoms with Crippen molar-refractivity contribution in [3.8, 4) is 11.7 Å². The van der Waals surface area contributed by atoms with E-state index in [1.165, 1.54) is 0 Å². The summed E-state index contributed by atoms with van der Waals surface area (Å²) in [5.74, 6) is 0.990. The SMILES string of the molecule is NCc1cc2c(C(N)=O)cccc2n1-c1nc2c(c(NCc3cccc(B(O)O)c3)n1)OCC2. The molecule has 2 aromatic carbocycles. The fourth-order valence-corrected chi connectivity index (χ4v) is 4.21. The van der Waals surface area contributed by atoms with Crippen molar-refractivity contribution in [2.45, 2.75) is 19.5 Å². The molecule has 0 fully saturated rings. The largest absolute Gasteiger partial charge is 0.488 e. The molecule has 172 valence electrons. The Bertz CT molecular complexity index is 1400. The number of primary amides is 1. The van der Waals surface area contributed by atoms with E-state index in [-0.39, 0.29) is 6.54 Å². The number of amides is 1. The molecule has 3 heterocycles. The van der Waals surface area contributed by atoms with Gasteiger partial charge in [0.1, 0.15) is 0 Å². The van der Waals surface area contributed by atoms with Crippen LogP contribution in [-0.4, -0.2) is 44.2 Å². The second-order valence-electron chi connectivity index (χ2n) is 8.00. The van der Waals surface area contributed by atoms with Crippen molar-refractivity contribution in [3.05, 3.63) is 71.0 Å². The van der Waals surface area contributed by atoms with Crippen molar-refractivity contribution in [2.75, 3.05) is 11.9 Å². The Morgan fingerprint density at radius 3 is 2.76 bits per heavy atom. The van der Waals surface area contributed by atoms with Gasteiger partial charge in [0.05, 0.1) is 17.8 Å². The summed E-state index contributed by atoms with van der Waals surface area (Å²) in [4.78, 5) is 21.4. The number of benzene rings is 2. The van der Waals surface area contributed by atoms with E-state index in [4.69, 9.17) is 26.2 Å². The normalized spacial score (nSPS) is 12.4. The maximum Gasteiger partial charge on any atom is 0.488 e. The Labute approximate surface area is 195 Å². The number of fused-ring (bicyclic) bond motifs is 2. The third kappa shape index (κ3) is 3.85. The number of anilines is 1. The molecule has 7 N–H and O–H groups in total. The second kappa shape index (κ2) is 8.78. The molecular formula is C23H23BN6O4. The molecule has 4 aromatic rings. The van der Waals surface area contributed by atoms with Crippen LogP contribution in [0.4, 0.5) is 5.82 Å². The number of rotatable bonds is 7. The third-order valence-electron chi connectivity index (χ3n) is 5.82. The highest BCUT2D eigenvalue weighted by Gasteiger charge is 2.24. The molecule has 0 radical (unpaired) electrons. The monoisotopic (exact) mass is 458 g/mol. The number of nitrogens with zero attached hydrogens (tertiary/aromatic N) is 3. The van der Waals surface area contributed by atoms with E-state index in [1.807, 2.05) is 22.8 Å². The van der Waals surface area contributed by atoms with Crippen molar-refractivity contribution in [1.82, 2.24) is 14.5 Å². The van der Waals surface area contributed by atoms with E-state index in [2.05, 4.69) is 5.32 Å². The molecule has 2 aromatic heterocycles. The van der Waals surface area contributed by atoms with Crippen LogP contribution in [-0.2, 0) is 19.5 Å². The van der Waals surface area contributed by atoms with E-state index >= 15 is 0 Å². The van der Waals surface area contributed by atoms with Gasteiger partial charge in [-0.1, -0.05) is 30.3 Å². The molecule has 1 aliphatic rings. The summed E-state index contributed by atoms with van der Waals surface area (Å²) < 4.78 is 7.61. The Hall–Kier alpha value is -3.93. The van der Waals surface area contributed by atoms with E-state index in [0.29, 0.717) is 53.5 Å². The number of hydrogen-bond acceptors (Lipinski definition) is 8. The highest BCUT2D eigenvalue weighted by Crippen LogP contribution is 2.34. The van der Waals surface area contributed by atoms with Crippen molar-refractivity contribution in [1.29, 1.82) is 0 Å². The van der Waals surface area contributed by atoms with E-state index in [9.17, 15) is 14.8 Å². The van der Waals surface area contributed by atoms with Crippen LogP contribution < -0.4 is 27.0 Å². The van der Waals surface area contributed by atoms with Crippen LogP contribution in [0.2, 0.25) is 0 Å². The van der Waals surface area contributed by atoms with Crippen LogP contribution in [0.3, 0.4) is 0 Å². The van der Waals surface area contributed by atoms with Gasteiger partial charge in [0.15, 0.2) is 11.6 Å². The lowest BCUT2D eigenvalue weighted by Gasteiger charge is -2.14. The third-order valence-corrected chi connectivity index (χ3v) is 5.82. The molecule has 11 heteroatoms. The molecule has 34 heavy (non-hydrogen) atoms. The molecule has 1 aliphatic heterocycles. The van der Waals surface area contributed by atoms with Crippen molar-refractivity contribution in [2.24, 2.45) is 11.5 Å². The summed E-state index contributed by atoms with van der Waals surface area (Å²) in [5.41, 5.74) is 15.5. The first-order chi connectivity index (χ1) is 16.5. The van der Waals surface area contributed by atoms with Crippen molar-refractivity contribution >= 4 is 35.2 Å². The van der Waals surface area contributed by atoms with E-state index in [0.717, 1.165) is 22.5 Å². The molecule has 10 nitrogen and oxygen atoms in total. The van der Waals surface area contributed by atoms with Crippen LogP contribution in [0.15, 0.2) is 48.5 Å². The Balaban J connectivity index is 1.58. The van der Waals surface area contributed by atoms with E-state index in [1.54, 1.807) is 30.3 Å². The van der Waals surface area contributed by atoms with Gasteiger partial charge in [0.25, 0.3) is 0 Å². The Morgan fingerprint density at radius 1 is 1.18 bits per heavy atom. The van der Waals surface area contributed by atoms with Gasteiger partial charge in [-0.25, -0.2) is 4.98 Å². The molecule has 0 bridgehead atoms. The van der Waals surface area contributed by atoms with Crippen LogP contribution in [0.25, 0.3) is 16.9 Å². The predicted octanol–water partition coefficient (Wildman–Crippen LogP) is 0.205. The topological polar surface area (TPSA) is 162 Å². The summed E-state index contributed by atoms with van der Waals surface area (Å²) in [6.07, 6.45) is 0.634. The minimum Gasteiger partial charge on any atom is -0.487 e. The number of aromatic nitrogens is 3. The van der Waals surface area contributed by atoms with Crippen LogP contribution in [0, 0.1) is 0 Å². The quantitative estimate of drug-likeness (QED) is 0.246. The smallest absolute Gasteiger partial charge is 0.487 e. The predicted molar refractivity (Wildman–Crippen MR) is 128 cm³/mol. The Kier molecular flexibility index (Phi) is 5.66. The molecule has 1 amide bonds. The fourth-order valence-electron chi connectivity index (χ4n) is 4.21. The van der Waals surface area contributed by atoms with Crippen LogP contribution in [0.5, 0.6) is 5.75 Å². The summed E-state index contributed by atoms with van der Waals surface area (Å²) in [5, 5.41) is 22.9. The molecule has 0 spiro atoms. The zero-order valence-electron chi connectivity index (χ0n) is 18.2. The molecule has 0 saturated carbocycles. The molecule has 0 atom stereocenters. The van der Waals surface area contributed by atoms with Gasteiger partial charge in [-0.2, -0.15) is 4.98 Å². The van der Waals surface area contributed by atoms with Gasteiger partial charge < -0.3 is 31.6 Å². The summed E-state index contributed by atoms with van der Waals surface area (Å²) in [6.45, 7) is 1.09. The average molecular weight is 458 g/mol. The standard InChI is InChI=1S/C23H23BN6O4/c25-11-15-10-17-16(21(26)31)5-2-6-19(17)30(15)23-28-18-7-8-34-20(18)22(29-23)27-12-13-3-1-4-14(9-13)24(32)33/h1-6,9-10,32-33H,7-8,11-12,25H2,(H2,26,31)(H,27,28,29). The molecule has 0 saturated heterocycles. The summed E-state index contributed by atoms with van der Waals surface area (Å²) in [7, 11) is -1.54. The van der Waals surface area contributed by atoms with Crippen molar-refractivity contribution in [3.63, 3.8) is 0 Å². The second-order valence-corrected chi connectivity index (χ2v) is 8.00. The maximum atomic E-state index is 11.9. The van der Waals surface area contributed by atoms with Gasteiger partial charge in [0, 0.05) is 36.2 Å². The van der Waals surface area contributed by atoms with Crippen molar-refractivity contribution < 1.29 is 19.6 Å². The zero-order valence-corrected chi connectivity index (χ0v) is 18.2. The molecule has 0 unspecified atom stereocenters. The maximum absolute atomic E-state index is 11.9. The number of hydrogen-bond donors (Lipinski definition) is 5.